The van der Waals surface area contributed by atoms with E-state index in [1.54, 1.807) is 0 Å². The van der Waals surface area contributed by atoms with Gasteiger partial charge in [-0.1, -0.05) is 91.0 Å². The lowest BCUT2D eigenvalue weighted by Gasteiger charge is -2.11. The van der Waals surface area contributed by atoms with Crippen molar-refractivity contribution in [1.29, 1.82) is 0 Å². The van der Waals surface area contributed by atoms with Gasteiger partial charge in [0.2, 0.25) is 0 Å². The highest BCUT2D eigenvalue weighted by Gasteiger charge is 2.24. The van der Waals surface area contributed by atoms with Crippen LogP contribution < -0.4 is 0 Å². The number of benzene rings is 7. The molecule has 0 atom stereocenters. The predicted molar refractivity (Wildman–Crippen MR) is 191 cm³/mol. The molecule has 0 aliphatic rings. The highest BCUT2D eigenvalue weighted by molar-refractivity contribution is 6.18. The van der Waals surface area contributed by atoms with Crippen molar-refractivity contribution in [2.24, 2.45) is 0 Å². The van der Waals surface area contributed by atoms with Gasteiger partial charge in [0.05, 0.1) is 11.0 Å². The van der Waals surface area contributed by atoms with E-state index in [9.17, 15) is 0 Å². The van der Waals surface area contributed by atoms with E-state index in [2.05, 4.69) is 95.6 Å². The number of rotatable bonds is 2. The number of para-hydroxylation sites is 2. The third kappa shape index (κ3) is 3.43. The van der Waals surface area contributed by atoms with Crippen molar-refractivity contribution in [2.45, 2.75) is 0 Å². The van der Waals surface area contributed by atoms with E-state index in [1.807, 2.05) is 48.5 Å². The molecule has 0 saturated heterocycles. The fourth-order valence-corrected chi connectivity index (χ4v) is 7.43. The summed E-state index contributed by atoms with van der Waals surface area (Å²) in [6.07, 6.45) is 0. The summed E-state index contributed by atoms with van der Waals surface area (Å²) in [5.41, 5.74) is 6.89. The van der Waals surface area contributed by atoms with Crippen LogP contribution >= 0.6 is 0 Å². The lowest BCUT2D eigenvalue weighted by molar-refractivity contribution is 0.662. The van der Waals surface area contributed by atoms with E-state index >= 15 is 0 Å². The lowest BCUT2D eigenvalue weighted by atomic mass is 10.0. The first kappa shape index (κ1) is 24.8. The van der Waals surface area contributed by atoms with E-state index in [1.165, 1.54) is 21.5 Å². The summed E-state index contributed by atoms with van der Waals surface area (Å²) >= 11 is 0. The van der Waals surface area contributed by atoms with Crippen LogP contribution in [0.2, 0.25) is 0 Å². The van der Waals surface area contributed by atoms with Crippen molar-refractivity contribution < 1.29 is 8.83 Å². The summed E-state index contributed by atoms with van der Waals surface area (Å²) in [5.74, 6) is 1.32. The van der Waals surface area contributed by atoms with Gasteiger partial charge in [0, 0.05) is 32.5 Å². The monoisotopic (exact) mass is 601 g/mol. The van der Waals surface area contributed by atoms with Crippen molar-refractivity contribution >= 4 is 87.4 Å². The lowest BCUT2D eigenvalue weighted by Crippen LogP contribution is -2.02. The van der Waals surface area contributed by atoms with Gasteiger partial charge in [0.25, 0.3) is 0 Å². The molecule has 0 bridgehead atoms. The average molecular weight is 602 g/mol. The van der Waals surface area contributed by atoms with E-state index in [4.69, 9.17) is 18.8 Å². The zero-order chi connectivity index (χ0) is 30.6. The maximum Gasteiger partial charge on any atom is 0.197 e. The summed E-state index contributed by atoms with van der Waals surface area (Å²) in [6, 6.07) is 48.5. The van der Waals surface area contributed by atoms with Gasteiger partial charge in [-0.05, 0) is 70.1 Å². The topological polar surface area (TPSA) is 57.0 Å². The standard InChI is InChI=1S/C42H23N3O2/c1-3-12-26-22-33-31(20-24(26)10-1)32-21-25-11-2-4-13-27(25)23-34(32)45(33)42-40-39(29-15-6-8-18-36(29)47-40)43-41(44-42)30-16-9-19-37-38(30)28-14-5-7-17-35(28)46-37/h1-23H. The Hall–Kier alpha value is -6.46. The largest absolute Gasteiger partial charge is 0.456 e. The second-order valence-corrected chi connectivity index (χ2v) is 12.2. The van der Waals surface area contributed by atoms with Crippen LogP contribution in [0, 0.1) is 0 Å². The summed E-state index contributed by atoms with van der Waals surface area (Å²) in [6.45, 7) is 0. The van der Waals surface area contributed by atoms with E-state index in [0.29, 0.717) is 17.2 Å². The van der Waals surface area contributed by atoms with Crippen LogP contribution in [0.5, 0.6) is 0 Å². The molecule has 0 amide bonds. The summed E-state index contributed by atoms with van der Waals surface area (Å²) < 4.78 is 15.2. The smallest absolute Gasteiger partial charge is 0.197 e. The fourth-order valence-electron chi connectivity index (χ4n) is 7.43. The highest BCUT2D eigenvalue weighted by atomic mass is 16.3. The molecule has 0 aliphatic heterocycles. The number of hydrogen-bond acceptors (Lipinski definition) is 4. The summed E-state index contributed by atoms with van der Waals surface area (Å²) in [4.78, 5) is 10.7. The second-order valence-electron chi connectivity index (χ2n) is 12.2. The van der Waals surface area contributed by atoms with Crippen molar-refractivity contribution in [3.05, 3.63) is 140 Å². The minimum atomic E-state index is 0.618. The van der Waals surface area contributed by atoms with E-state index in [-0.39, 0.29) is 0 Å². The number of furan rings is 2. The normalized spacial score (nSPS) is 12.3. The van der Waals surface area contributed by atoms with Gasteiger partial charge >= 0.3 is 0 Å². The molecule has 0 fully saturated rings. The Kier molecular flexibility index (Phi) is 4.78. The minimum Gasteiger partial charge on any atom is -0.456 e. The molecule has 0 saturated carbocycles. The van der Waals surface area contributed by atoms with Crippen molar-refractivity contribution in [2.75, 3.05) is 0 Å². The molecule has 4 aromatic heterocycles. The third-order valence-corrected chi connectivity index (χ3v) is 9.56. The van der Waals surface area contributed by atoms with Crippen LogP contribution in [0.15, 0.2) is 148 Å². The average Bonchev–Trinajstić information content (AvgIpc) is 3.78. The predicted octanol–water partition coefficient (Wildman–Crippen LogP) is 11.3. The molecule has 47 heavy (non-hydrogen) atoms. The second kappa shape index (κ2) is 9.05. The molecule has 218 valence electrons. The zero-order valence-corrected chi connectivity index (χ0v) is 24.9. The Labute approximate surface area is 266 Å². The van der Waals surface area contributed by atoms with Crippen molar-refractivity contribution in [1.82, 2.24) is 14.5 Å². The molecule has 11 aromatic rings. The van der Waals surface area contributed by atoms with Crippen molar-refractivity contribution in [3.8, 4) is 17.2 Å². The Morgan fingerprint density at radius 1 is 0.447 bits per heavy atom. The zero-order valence-electron chi connectivity index (χ0n) is 24.9. The third-order valence-electron chi connectivity index (χ3n) is 9.56. The van der Waals surface area contributed by atoms with E-state index < -0.39 is 0 Å². The molecule has 5 heteroatoms. The molecule has 4 heterocycles. The molecule has 0 unspecified atom stereocenters. The van der Waals surface area contributed by atoms with Gasteiger partial charge in [-0.25, -0.2) is 9.97 Å². The van der Waals surface area contributed by atoms with Crippen LogP contribution in [0.25, 0.3) is 105 Å². The SMILES string of the molecule is c1ccc2cc3c(cc2c1)c1cc2ccccc2cc1n3-c1nc(-c2cccc3oc4ccccc4c23)nc2c1oc1ccccc12. The Balaban J connectivity index is 1.34. The van der Waals surface area contributed by atoms with Crippen molar-refractivity contribution in [3.63, 3.8) is 0 Å². The van der Waals surface area contributed by atoms with Gasteiger partial charge in [-0.15, -0.1) is 0 Å². The Morgan fingerprint density at radius 3 is 1.68 bits per heavy atom. The number of nitrogens with zero attached hydrogens (tertiary/aromatic N) is 3. The molecular weight excluding hydrogens is 578 g/mol. The molecule has 0 spiro atoms. The first-order valence-corrected chi connectivity index (χ1v) is 15.7. The maximum atomic E-state index is 6.65. The quantitative estimate of drug-likeness (QED) is 0.198. The summed E-state index contributed by atoms with van der Waals surface area (Å²) in [7, 11) is 0. The molecular formula is C42H23N3O2. The number of hydrogen-bond donors (Lipinski definition) is 0. The molecule has 0 N–H and O–H groups in total. The van der Waals surface area contributed by atoms with Crippen LogP contribution in [-0.4, -0.2) is 14.5 Å². The van der Waals surface area contributed by atoms with Crippen LogP contribution in [-0.2, 0) is 0 Å². The van der Waals surface area contributed by atoms with Crippen LogP contribution in [0.4, 0.5) is 0 Å². The molecule has 11 rings (SSSR count). The maximum absolute atomic E-state index is 6.65. The van der Waals surface area contributed by atoms with Gasteiger partial charge in [-0.3, -0.25) is 4.57 Å². The van der Waals surface area contributed by atoms with Crippen LogP contribution in [0.3, 0.4) is 0 Å². The number of aromatic nitrogens is 3. The minimum absolute atomic E-state index is 0.618. The van der Waals surface area contributed by atoms with Gasteiger partial charge in [0.1, 0.15) is 22.3 Å². The Morgan fingerprint density at radius 2 is 1.00 bits per heavy atom. The highest BCUT2D eigenvalue weighted by Crippen LogP contribution is 2.42. The first-order chi connectivity index (χ1) is 23.3. The molecule has 0 radical (unpaired) electrons. The van der Waals surface area contributed by atoms with Gasteiger partial charge in [0.15, 0.2) is 17.2 Å². The summed E-state index contributed by atoms with van der Waals surface area (Å²) in [5, 5.41) is 10.0. The van der Waals surface area contributed by atoms with Gasteiger partial charge in [-0.2, -0.15) is 0 Å². The Bertz CT molecular complexity index is 3000. The first-order valence-electron chi connectivity index (χ1n) is 15.7. The van der Waals surface area contributed by atoms with Crippen LogP contribution in [0.1, 0.15) is 0 Å². The van der Waals surface area contributed by atoms with Gasteiger partial charge < -0.3 is 8.83 Å². The van der Waals surface area contributed by atoms with E-state index in [0.717, 1.165) is 65.8 Å². The molecule has 0 aliphatic carbocycles. The fraction of sp³-hybridized carbons (Fsp3) is 0. The molecule has 7 aromatic carbocycles. The number of fused-ring (bicyclic) bond motifs is 11. The molecule has 5 nitrogen and oxygen atoms in total.